The third-order valence-corrected chi connectivity index (χ3v) is 5.51. The molecule has 3 N–H and O–H groups in total. The molecule has 2 atom stereocenters. The lowest BCUT2D eigenvalue weighted by atomic mass is 10.1. The van der Waals surface area contributed by atoms with Crippen molar-refractivity contribution in [3.05, 3.63) is 34.9 Å². The summed E-state index contributed by atoms with van der Waals surface area (Å²) in [6, 6.07) is 0.426. The van der Waals surface area contributed by atoms with Crippen molar-refractivity contribution in [3.8, 4) is 0 Å². The van der Waals surface area contributed by atoms with Gasteiger partial charge in [-0.3, -0.25) is 14.2 Å². The van der Waals surface area contributed by atoms with Gasteiger partial charge in [-0.05, 0) is 30.2 Å². The molecule has 0 saturated carbocycles. The molecule has 1 rings (SSSR count). The topological polar surface area (TPSA) is 112 Å². The van der Waals surface area contributed by atoms with E-state index in [0.29, 0.717) is 0 Å². The predicted octanol–water partition coefficient (Wildman–Crippen LogP) is 4.06. The van der Waals surface area contributed by atoms with Crippen LogP contribution in [0.25, 0.3) is 0 Å². The Labute approximate surface area is 154 Å². The molecule has 0 aliphatic heterocycles. The van der Waals surface area contributed by atoms with E-state index in [1.165, 1.54) is 0 Å². The highest BCUT2D eigenvalue weighted by atomic mass is 31.2. The Balaban J connectivity index is 3.17. The van der Waals surface area contributed by atoms with Crippen molar-refractivity contribution in [2.45, 2.75) is 31.4 Å². The van der Waals surface area contributed by atoms with Gasteiger partial charge in [-0.15, -0.1) is 0 Å². The molecule has 0 fully saturated rings. The first-order valence-electron chi connectivity index (χ1n) is 7.55. The van der Waals surface area contributed by atoms with Crippen LogP contribution in [-0.4, -0.2) is 33.2 Å². The molecule has 1 aromatic rings. The number of carbonyl (C=O) groups is 2. The van der Waals surface area contributed by atoms with Crippen molar-refractivity contribution in [1.82, 2.24) is 0 Å². The maximum atomic E-state index is 12.8. The summed E-state index contributed by atoms with van der Waals surface area (Å²) in [4.78, 5) is 31.5. The van der Waals surface area contributed by atoms with Gasteiger partial charge in [0.1, 0.15) is 0 Å². The number of alkyl halides is 6. The molecule has 0 saturated heterocycles. The molecular formula is C15H15F6O6P. The van der Waals surface area contributed by atoms with Crippen LogP contribution < -0.4 is 0 Å². The van der Waals surface area contributed by atoms with Gasteiger partial charge in [0.2, 0.25) is 7.37 Å². The molecule has 0 spiro atoms. The minimum atomic E-state index is -5.14. The number of halogens is 6. The van der Waals surface area contributed by atoms with Gasteiger partial charge in [-0.25, -0.2) is 0 Å². The van der Waals surface area contributed by atoms with Gasteiger partial charge in [-0.1, -0.05) is 0 Å². The molecule has 0 amide bonds. The second kappa shape index (κ2) is 8.52. The molecule has 0 aliphatic rings. The zero-order valence-corrected chi connectivity index (χ0v) is 14.8. The zero-order valence-electron chi connectivity index (χ0n) is 13.9. The average Bonchev–Trinajstić information content (AvgIpc) is 2.48. The number of aliphatic carboxylic acids is 2. The van der Waals surface area contributed by atoms with Crippen molar-refractivity contribution in [2.24, 2.45) is 5.92 Å². The quantitative estimate of drug-likeness (QED) is 0.419. The largest absolute Gasteiger partial charge is 0.481 e. The first-order valence-corrected chi connectivity index (χ1v) is 9.58. The van der Waals surface area contributed by atoms with Gasteiger partial charge in [-0.2, -0.15) is 26.3 Å². The number of hydrogen-bond acceptors (Lipinski definition) is 3. The van der Waals surface area contributed by atoms with Crippen molar-refractivity contribution >= 4 is 19.3 Å². The lowest BCUT2D eigenvalue weighted by molar-refractivity contribution is -0.144. The summed E-state index contributed by atoms with van der Waals surface area (Å²) in [5.74, 6) is -4.57. The van der Waals surface area contributed by atoms with Crippen molar-refractivity contribution < 1.29 is 55.6 Å². The molecule has 13 heteroatoms. The van der Waals surface area contributed by atoms with E-state index in [4.69, 9.17) is 10.2 Å². The lowest BCUT2D eigenvalue weighted by Gasteiger charge is -2.19. The van der Waals surface area contributed by atoms with Crippen LogP contribution in [-0.2, 0) is 32.7 Å². The lowest BCUT2D eigenvalue weighted by Crippen LogP contribution is -2.20. The van der Waals surface area contributed by atoms with Crippen molar-refractivity contribution in [1.29, 1.82) is 0 Å². The second-order valence-corrected chi connectivity index (χ2v) is 8.44. The van der Waals surface area contributed by atoms with Gasteiger partial charge in [0, 0.05) is 18.7 Å². The Kier molecular flexibility index (Phi) is 7.29. The van der Waals surface area contributed by atoms with E-state index in [1.54, 1.807) is 0 Å². The van der Waals surface area contributed by atoms with Crippen LogP contribution in [0.4, 0.5) is 26.3 Å². The molecule has 0 bridgehead atoms. The summed E-state index contributed by atoms with van der Waals surface area (Å²) in [5, 5.41) is 17.5. The number of benzene rings is 1. The Hall–Kier alpha value is -2.07. The van der Waals surface area contributed by atoms with Crippen LogP contribution in [0.2, 0.25) is 0 Å². The van der Waals surface area contributed by atoms with E-state index in [-0.39, 0.29) is 18.2 Å². The van der Waals surface area contributed by atoms with E-state index >= 15 is 0 Å². The summed E-state index contributed by atoms with van der Waals surface area (Å²) in [5.41, 5.74) is -4.08. The van der Waals surface area contributed by atoms with Gasteiger partial charge < -0.3 is 15.1 Å². The highest BCUT2D eigenvalue weighted by Gasteiger charge is 2.38. The SMILES string of the molecule is O=C(O)CCC(CP(=O)(O)Cc1cc(C(F)(F)F)cc(C(F)(F)F)c1)C(=O)O. The summed E-state index contributed by atoms with van der Waals surface area (Å²) >= 11 is 0. The summed E-state index contributed by atoms with van der Waals surface area (Å²) in [6.07, 6.45) is -13.6. The van der Waals surface area contributed by atoms with E-state index < -0.39 is 79.4 Å². The van der Waals surface area contributed by atoms with Gasteiger partial charge in [0.05, 0.1) is 17.0 Å². The molecule has 1 aromatic carbocycles. The van der Waals surface area contributed by atoms with Crippen LogP contribution in [0.1, 0.15) is 29.5 Å². The van der Waals surface area contributed by atoms with Crippen LogP contribution in [0.15, 0.2) is 18.2 Å². The Bertz CT molecular complexity index is 756. The van der Waals surface area contributed by atoms with Gasteiger partial charge in [0.15, 0.2) is 0 Å². The number of hydrogen-bond donors (Lipinski definition) is 3. The fraction of sp³-hybridized carbons (Fsp3) is 0.467. The highest BCUT2D eigenvalue weighted by Crippen LogP contribution is 2.48. The number of carboxylic acid groups (broad SMARTS) is 2. The summed E-state index contributed by atoms with van der Waals surface area (Å²) in [7, 11) is -4.54. The number of carboxylic acids is 2. The maximum absolute atomic E-state index is 12.8. The molecule has 0 aromatic heterocycles. The van der Waals surface area contributed by atoms with E-state index in [0.717, 1.165) is 0 Å². The Morgan fingerprint density at radius 1 is 0.964 bits per heavy atom. The molecule has 0 heterocycles. The summed E-state index contributed by atoms with van der Waals surface area (Å²) in [6.45, 7) is 0. The predicted molar refractivity (Wildman–Crippen MR) is 82.8 cm³/mol. The maximum Gasteiger partial charge on any atom is 0.416 e. The minimum Gasteiger partial charge on any atom is -0.481 e. The molecule has 0 radical (unpaired) electrons. The molecule has 2 unspecified atom stereocenters. The Morgan fingerprint density at radius 2 is 1.43 bits per heavy atom. The van der Waals surface area contributed by atoms with Crippen molar-refractivity contribution in [3.63, 3.8) is 0 Å². The highest BCUT2D eigenvalue weighted by molar-refractivity contribution is 7.57. The molecule has 158 valence electrons. The van der Waals surface area contributed by atoms with Crippen LogP contribution in [0, 0.1) is 5.92 Å². The van der Waals surface area contributed by atoms with Crippen LogP contribution >= 0.6 is 7.37 Å². The first-order chi connectivity index (χ1) is 12.5. The summed E-state index contributed by atoms with van der Waals surface area (Å²) < 4.78 is 89.2. The van der Waals surface area contributed by atoms with E-state index in [2.05, 4.69) is 0 Å². The Morgan fingerprint density at radius 3 is 1.79 bits per heavy atom. The standard InChI is InChI=1S/C15H15F6O6P/c16-14(17,18)10-3-8(4-11(5-10)15(19,20)21)6-28(26,27)7-9(13(24)25)1-2-12(22)23/h3-5,9H,1-2,6-7H2,(H,22,23)(H,24,25)(H,26,27). The third kappa shape index (κ3) is 7.51. The molecule has 6 nitrogen and oxygen atoms in total. The second-order valence-electron chi connectivity index (χ2n) is 6.07. The zero-order chi connectivity index (χ0) is 21.9. The van der Waals surface area contributed by atoms with Gasteiger partial charge >= 0.3 is 24.3 Å². The monoisotopic (exact) mass is 436 g/mol. The minimum absolute atomic E-state index is 0.140. The number of rotatable bonds is 8. The fourth-order valence-electron chi connectivity index (χ4n) is 2.40. The average molecular weight is 436 g/mol. The molecular weight excluding hydrogens is 421 g/mol. The smallest absolute Gasteiger partial charge is 0.416 e. The van der Waals surface area contributed by atoms with Crippen LogP contribution in [0.3, 0.4) is 0 Å². The van der Waals surface area contributed by atoms with E-state index in [1.807, 2.05) is 0 Å². The van der Waals surface area contributed by atoms with Crippen LogP contribution in [0.5, 0.6) is 0 Å². The molecule has 28 heavy (non-hydrogen) atoms. The third-order valence-electron chi connectivity index (χ3n) is 3.64. The normalized spacial score (nSPS) is 15.7. The molecule has 0 aliphatic carbocycles. The van der Waals surface area contributed by atoms with E-state index in [9.17, 15) is 45.4 Å². The first kappa shape index (κ1) is 24.0. The van der Waals surface area contributed by atoms with Crippen molar-refractivity contribution in [2.75, 3.05) is 6.16 Å². The fourth-order valence-corrected chi connectivity index (χ4v) is 4.31. The van der Waals surface area contributed by atoms with Gasteiger partial charge in [0.25, 0.3) is 0 Å².